The van der Waals surface area contributed by atoms with Crippen molar-refractivity contribution in [1.82, 2.24) is 4.98 Å². The highest BCUT2D eigenvalue weighted by atomic mass is 32.2. The summed E-state index contributed by atoms with van der Waals surface area (Å²) >= 11 is 1.55. The smallest absolute Gasteiger partial charge is 0.340 e. The summed E-state index contributed by atoms with van der Waals surface area (Å²) in [5.74, 6) is -0.875. The summed E-state index contributed by atoms with van der Waals surface area (Å²) in [5.41, 5.74) is 2.71. The lowest BCUT2D eigenvalue weighted by molar-refractivity contribution is -0.141. The van der Waals surface area contributed by atoms with E-state index in [1.807, 2.05) is 31.2 Å². The van der Waals surface area contributed by atoms with Crippen LogP contribution >= 0.6 is 11.8 Å². The van der Waals surface area contributed by atoms with Gasteiger partial charge in [0.15, 0.2) is 6.61 Å². The molecule has 0 radical (unpaired) electrons. The number of ether oxygens (including phenoxy) is 2. The van der Waals surface area contributed by atoms with E-state index in [-0.39, 0.29) is 24.2 Å². The van der Waals surface area contributed by atoms with Gasteiger partial charge in [-0.2, -0.15) is 0 Å². The number of hydrogen-bond donors (Lipinski definition) is 1. The second-order valence-corrected chi connectivity index (χ2v) is 7.51. The molecule has 0 fully saturated rings. The number of esters is 2. The van der Waals surface area contributed by atoms with Gasteiger partial charge in [-0.3, -0.25) is 9.59 Å². The molecule has 1 heterocycles. The number of benzene rings is 1. The number of aromatic amines is 1. The number of aromatic nitrogens is 1. The second kappa shape index (κ2) is 10.1. The third-order valence-corrected chi connectivity index (χ3v) is 5.11. The first-order valence-electron chi connectivity index (χ1n) is 9.08. The molecule has 0 aliphatic heterocycles. The Bertz CT molecular complexity index is 854. The average Bonchev–Trinajstić information content (AvgIpc) is 2.95. The van der Waals surface area contributed by atoms with Gasteiger partial charge in [0.2, 0.25) is 5.78 Å². The molecule has 28 heavy (non-hydrogen) atoms. The SMILES string of the molecule is CCOC(=O)c1c(C)[nH]c(C)c1C(=O)COC(=O)CCSc1ccc(C)cc1. The van der Waals surface area contributed by atoms with Gasteiger partial charge in [0.25, 0.3) is 0 Å². The topological polar surface area (TPSA) is 85.5 Å². The molecule has 0 saturated heterocycles. The molecule has 0 bridgehead atoms. The first-order chi connectivity index (χ1) is 13.3. The summed E-state index contributed by atoms with van der Waals surface area (Å²) in [4.78, 5) is 40.7. The van der Waals surface area contributed by atoms with Gasteiger partial charge in [-0.05, 0) is 39.8 Å². The van der Waals surface area contributed by atoms with E-state index in [1.54, 1.807) is 32.5 Å². The first kappa shape index (κ1) is 21.8. The largest absolute Gasteiger partial charge is 0.462 e. The molecule has 1 aromatic heterocycles. The number of H-pyrrole nitrogens is 1. The molecule has 0 aliphatic carbocycles. The van der Waals surface area contributed by atoms with Crippen molar-refractivity contribution in [2.24, 2.45) is 0 Å². The minimum atomic E-state index is -0.562. The molecular formula is C21H25NO5S. The molecule has 0 aliphatic rings. The molecule has 0 spiro atoms. The fraction of sp³-hybridized carbons (Fsp3) is 0.381. The summed E-state index contributed by atoms with van der Waals surface area (Å²) in [6.07, 6.45) is 0.196. The highest BCUT2D eigenvalue weighted by Crippen LogP contribution is 2.21. The lowest BCUT2D eigenvalue weighted by atomic mass is 10.1. The Kier molecular flexibility index (Phi) is 7.87. The van der Waals surface area contributed by atoms with Gasteiger partial charge in [-0.1, -0.05) is 17.7 Å². The van der Waals surface area contributed by atoms with E-state index in [9.17, 15) is 14.4 Å². The van der Waals surface area contributed by atoms with Crippen LogP contribution in [-0.2, 0) is 14.3 Å². The van der Waals surface area contributed by atoms with E-state index in [0.717, 1.165) is 4.90 Å². The van der Waals surface area contributed by atoms with Crippen LogP contribution < -0.4 is 0 Å². The van der Waals surface area contributed by atoms with Gasteiger partial charge in [-0.25, -0.2) is 4.79 Å². The monoisotopic (exact) mass is 403 g/mol. The first-order valence-corrected chi connectivity index (χ1v) is 10.1. The van der Waals surface area contributed by atoms with Gasteiger partial charge < -0.3 is 14.5 Å². The van der Waals surface area contributed by atoms with Crippen LogP contribution in [0.4, 0.5) is 0 Å². The molecule has 0 atom stereocenters. The summed E-state index contributed by atoms with van der Waals surface area (Å²) in [5, 5.41) is 0. The number of nitrogens with one attached hydrogen (secondary N) is 1. The van der Waals surface area contributed by atoms with Crippen LogP contribution in [0.25, 0.3) is 0 Å². The molecule has 2 aromatic rings. The predicted octanol–water partition coefficient (Wildman–Crippen LogP) is 4.02. The van der Waals surface area contributed by atoms with Crippen molar-refractivity contribution in [3.63, 3.8) is 0 Å². The number of aryl methyl sites for hydroxylation is 3. The Labute approximate surface area is 169 Å². The average molecular weight is 404 g/mol. The van der Waals surface area contributed by atoms with Crippen molar-refractivity contribution in [3.8, 4) is 0 Å². The zero-order valence-corrected chi connectivity index (χ0v) is 17.4. The van der Waals surface area contributed by atoms with Gasteiger partial charge in [0.1, 0.15) is 0 Å². The molecule has 0 saturated carbocycles. The number of hydrogen-bond acceptors (Lipinski definition) is 6. The van der Waals surface area contributed by atoms with Gasteiger partial charge >= 0.3 is 11.9 Å². The maximum absolute atomic E-state index is 12.5. The second-order valence-electron chi connectivity index (χ2n) is 6.34. The van der Waals surface area contributed by atoms with Gasteiger partial charge in [0.05, 0.1) is 24.2 Å². The molecule has 2 rings (SSSR count). The quantitative estimate of drug-likeness (QED) is 0.387. The molecule has 1 N–H and O–H groups in total. The van der Waals surface area contributed by atoms with Crippen molar-refractivity contribution in [1.29, 1.82) is 0 Å². The number of carbonyl (C=O) groups is 3. The standard InChI is InChI=1S/C21H25NO5S/c1-5-26-21(25)20-15(4)22-14(3)19(20)17(23)12-27-18(24)10-11-28-16-8-6-13(2)7-9-16/h6-9,22H,5,10-12H2,1-4H3. The summed E-state index contributed by atoms with van der Waals surface area (Å²) in [7, 11) is 0. The van der Waals surface area contributed by atoms with E-state index in [0.29, 0.717) is 17.1 Å². The van der Waals surface area contributed by atoms with Gasteiger partial charge in [0, 0.05) is 22.0 Å². The van der Waals surface area contributed by atoms with Crippen molar-refractivity contribution in [2.75, 3.05) is 19.0 Å². The fourth-order valence-electron chi connectivity index (χ4n) is 2.77. The number of ketones is 1. The van der Waals surface area contributed by atoms with Crippen LogP contribution in [0.5, 0.6) is 0 Å². The Hall–Kier alpha value is -2.54. The minimum Gasteiger partial charge on any atom is -0.462 e. The van der Waals surface area contributed by atoms with Crippen LogP contribution in [0.2, 0.25) is 0 Å². The summed E-state index contributed by atoms with van der Waals surface area (Å²) < 4.78 is 10.1. The van der Waals surface area contributed by atoms with Crippen LogP contribution in [-0.4, -0.2) is 41.7 Å². The molecule has 1 aromatic carbocycles. The van der Waals surface area contributed by atoms with Crippen molar-refractivity contribution < 1.29 is 23.9 Å². The third kappa shape index (κ3) is 5.73. The highest BCUT2D eigenvalue weighted by Gasteiger charge is 2.25. The lowest BCUT2D eigenvalue weighted by Gasteiger charge is -2.07. The third-order valence-electron chi connectivity index (χ3n) is 4.09. The number of Topliss-reactive ketones (excluding diaryl/α,β-unsaturated/α-hetero) is 1. The van der Waals surface area contributed by atoms with E-state index in [1.165, 1.54) is 5.56 Å². The maximum atomic E-state index is 12.5. The Balaban J connectivity index is 1.88. The van der Waals surface area contributed by atoms with E-state index in [4.69, 9.17) is 9.47 Å². The highest BCUT2D eigenvalue weighted by molar-refractivity contribution is 7.99. The zero-order valence-electron chi connectivity index (χ0n) is 16.6. The Morgan fingerprint density at radius 3 is 2.25 bits per heavy atom. The molecule has 150 valence electrons. The summed E-state index contributed by atoms with van der Waals surface area (Å²) in [6, 6.07) is 8.04. The van der Waals surface area contributed by atoms with Crippen LogP contribution in [0, 0.1) is 20.8 Å². The molecule has 7 heteroatoms. The zero-order chi connectivity index (χ0) is 20.7. The number of rotatable bonds is 9. The molecule has 6 nitrogen and oxygen atoms in total. The molecule has 0 amide bonds. The van der Waals surface area contributed by atoms with Crippen LogP contribution in [0.15, 0.2) is 29.2 Å². The van der Waals surface area contributed by atoms with Gasteiger partial charge in [-0.15, -0.1) is 11.8 Å². The normalized spacial score (nSPS) is 10.6. The molecule has 0 unspecified atom stereocenters. The number of carbonyl (C=O) groups excluding carboxylic acids is 3. The van der Waals surface area contributed by atoms with E-state index >= 15 is 0 Å². The maximum Gasteiger partial charge on any atom is 0.340 e. The molecular weight excluding hydrogens is 378 g/mol. The Morgan fingerprint density at radius 2 is 1.61 bits per heavy atom. The van der Waals surface area contributed by atoms with Crippen LogP contribution in [0.1, 0.15) is 51.0 Å². The number of thioether (sulfide) groups is 1. The van der Waals surface area contributed by atoms with Crippen LogP contribution in [0.3, 0.4) is 0 Å². The fourth-order valence-corrected chi connectivity index (χ4v) is 3.60. The summed E-state index contributed by atoms with van der Waals surface area (Å²) in [6.45, 7) is 6.92. The van der Waals surface area contributed by atoms with E-state index < -0.39 is 24.3 Å². The van der Waals surface area contributed by atoms with Crippen molar-refractivity contribution >= 4 is 29.5 Å². The predicted molar refractivity (Wildman–Crippen MR) is 108 cm³/mol. The minimum absolute atomic E-state index is 0.196. The van der Waals surface area contributed by atoms with Crippen molar-refractivity contribution in [2.45, 2.75) is 39.0 Å². The lowest BCUT2D eigenvalue weighted by Crippen LogP contribution is -2.18. The Morgan fingerprint density at radius 1 is 0.964 bits per heavy atom. The van der Waals surface area contributed by atoms with E-state index in [2.05, 4.69) is 4.98 Å². The van der Waals surface area contributed by atoms with Crippen molar-refractivity contribution in [3.05, 3.63) is 52.3 Å².